The van der Waals surface area contributed by atoms with Gasteiger partial charge in [-0.15, -0.1) is 0 Å². The number of benzene rings is 2. The first-order valence-corrected chi connectivity index (χ1v) is 8.02. The molecule has 0 fully saturated rings. The Morgan fingerprint density at radius 2 is 2.04 bits per heavy atom. The number of amides is 2. The molecule has 2 N–H and O–H groups in total. The van der Waals surface area contributed by atoms with Crippen LogP contribution < -0.4 is 15.4 Å². The summed E-state index contributed by atoms with van der Waals surface area (Å²) in [7, 11) is 0. The number of hydrogen-bond donors (Lipinski definition) is 2. The molecule has 2 aromatic carbocycles. The van der Waals surface area contributed by atoms with E-state index in [-0.39, 0.29) is 24.5 Å². The van der Waals surface area contributed by atoms with Gasteiger partial charge in [0.15, 0.2) is 6.61 Å². The lowest BCUT2D eigenvalue weighted by molar-refractivity contribution is -0.118. The number of ether oxygens (including phenoxy) is 1. The molecule has 0 aliphatic carbocycles. The molecule has 1 atom stereocenters. The van der Waals surface area contributed by atoms with Gasteiger partial charge in [-0.3, -0.25) is 9.59 Å². The highest BCUT2D eigenvalue weighted by atomic mass is 35.5. The van der Waals surface area contributed by atoms with Crippen LogP contribution in [0, 0.1) is 0 Å². The fraction of sp³-hybridized carbons (Fsp3) is 0.176. The van der Waals surface area contributed by atoms with E-state index in [2.05, 4.69) is 10.6 Å². The SMILES string of the molecule is C[C@@H](NC(=O)c1ccc2c(c1)OCC(=O)N2)c1ccc(Cl)cc1Cl. The third-order valence-corrected chi connectivity index (χ3v) is 4.22. The van der Waals surface area contributed by atoms with E-state index in [1.54, 1.807) is 36.4 Å². The number of nitrogens with one attached hydrogen (secondary N) is 2. The second kappa shape index (κ2) is 6.71. The molecule has 0 radical (unpaired) electrons. The van der Waals surface area contributed by atoms with Gasteiger partial charge in [-0.2, -0.15) is 0 Å². The molecule has 7 heteroatoms. The number of carbonyl (C=O) groups excluding carboxylic acids is 2. The van der Waals surface area contributed by atoms with Crippen molar-refractivity contribution in [3.8, 4) is 5.75 Å². The molecule has 0 bridgehead atoms. The molecule has 2 aromatic rings. The topological polar surface area (TPSA) is 67.4 Å². The Morgan fingerprint density at radius 1 is 1.25 bits per heavy atom. The molecular formula is C17H14Cl2N2O3. The molecule has 0 unspecified atom stereocenters. The lowest BCUT2D eigenvalue weighted by atomic mass is 10.1. The van der Waals surface area contributed by atoms with Crippen LogP contribution in [0.3, 0.4) is 0 Å². The fourth-order valence-corrected chi connectivity index (χ4v) is 3.00. The van der Waals surface area contributed by atoms with Gasteiger partial charge in [0, 0.05) is 15.6 Å². The Morgan fingerprint density at radius 3 is 2.79 bits per heavy atom. The van der Waals surface area contributed by atoms with Crippen molar-refractivity contribution in [2.75, 3.05) is 11.9 Å². The molecule has 0 saturated carbocycles. The predicted molar refractivity (Wildman–Crippen MR) is 92.9 cm³/mol. The first-order chi connectivity index (χ1) is 11.4. The maximum absolute atomic E-state index is 12.4. The third kappa shape index (κ3) is 3.47. The maximum Gasteiger partial charge on any atom is 0.262 e. The van der Waals surface area contributed by atoms with E-state index in [0.29, 0.717) is 27.0 Å². The molecular weight excluding hydrogens is 351 g/mol. The predicted octanol–water partition coefficient (Wildman–Crippen LogP) is 3.82. The molecule has 2 amide bonds. The number of fused-ring (bicyclic) bond motifs is 1. The van der Waals surface area contributed by atoms with E-state index >= 15 is 0 Å². The van der Waals surface area contributed by atoms with Crippen molar-refractivity contribution < 1.29 is 14.3 Å². The van der Waals surface area contributed by atoms with Crippen LogP contribution in [0.2, 0.25) is 10.0 Å². The van der Waals surface area contributed by atoms with Gasteiger partial charge >= 0.3 is 0 Å². The summed E-state index contributed by atoms with van der Waals surface area (Å²) in [5, 5.41) is 6.59. The smallest absolute Gasteiger partial charge is 0.262 e. The maximum atomic E-state index is 12.4. The normalized spacial score (nSPS) is 14.2. The minimum atomic E-state index is -0.293. The standard InChI is InChI=1S/C17H14Cl2N2O3/c1-9(12-4-3-11(18)7-13(12)19)20-17(23)10-2-5-14-15(6-10)24-8-16(22)21-14/h2-7,9H,8H2,1H3,(H,20,23)(H,21,22)/t9-/m1/s1. The van der Waals surface area contributed by atoms with Crippen molar-refractivity contribution in [2.45, 2.75) is 13.0 Å². The van der Waals surface area contributed by atoms with Crippen molar-refractivity contribution in [1.29, 1.82) is 0 Å². The molecule has 1 aliphatic heterocycles. The first-order valence-electron chi connectivity index (χ1n) is 7.26. The van der Waals surface area contributed by atoms with Gasteiger partial charge in [-0.1, -0.05) is 29.3 Å². The van der Waals surface area contributed by atoms with E-state index in [1.807, 2.05) is 6.92 Å². The van der Waals surface area contributed by atoms with Crippen LogP contribution >= 0.6 is 23.2 Å². The molecule has 1 heterocycles. The van der Waals surface area contributed by atoms with Crippen molar-refractivity contribution in [3.05, 3.63) is 57.6 Å². The zero-order valence-corrected chi connectivity index (χ0v) is 14.2. The molecule has 0 spiro atoms. The van der Waals surface area contributed by atoms with Crippen molar-refractivity contribution in [1.82, 2.24) is 5.32 Å². The van der Waals surface area contributed by atoms with Crippen LogP contribution in [0.25, 0.3) is 0 Å². The Balaban J connectivity index is 1.76. The van der Waals surface area contributed by atoms with Crippen LogP contribution in [0.5, 0.6) is 5.75 Å². The summed E-state index contributed by atoms with van der Waals surface area (Å²) in [5.74, 6) is -0.0121. The van der Waals surface area contributed by atoms with E-state index in [9.17, 15) is 9.59 Å². The van der Waals surface area contributed by atoms with Gasteiger partial charge in [0.2, 0.25) is 0 Å². The third-order valence-electron chi connectivity index (χ3n) is 3.65. The van der Waals surface area contributed by atoms with Crippen LogP contribution in [-0.2, 0) is 4.79 Å². The molecule has 0 aromatic heterocycles. The van der Waals surface area contributed by atoms with Crippen LogP contribution in [0.1, 0.15) is 28.9 Å². The van der Waals surface area contributed by atoms with Gasteiger partial charge in [0.25, 0.3) is 11.8 Å². The van der Waals surface area contributed by atoms with E-state index in [1.165, 1.54) is 0 Å². The van der Waals surface area contributed by atoms with Crippen LogP contribution in [0.15, 0.2) is 36.4 Å². The zero-order chi connectivity index (χ0) is 17.3. The Hall–Kier alpha value is -2.24. The van der Waals surface area contributed by atoms with Crippen LogP contribution in [0.4, 0.5) is 5.69 Å². The molecule has 0 saturated heterocycles. The summed E-state index contributed by atoms with van der Waals surface area (Å²) < 4.78 is 5.32. The summed E-state index contributed by atoms with van der Waals surface area (Å²) in [6.45, 7) is 1.77. The number of anilines is 1. The summed E-state index contributed by atoms with van der Waals surface area (Å²) in [6.07, 6.45) is 0. The molecule has 124 valence electrons. The van der Waals surface area contributed by atoms with Crippen molar-refractivity contribution >= 4 is 40.7 Å². The number of rotatable bonds is 3. The van der Waals surface area contributed by atoms with Gasteiger partial charge in [0.1, 0.15) is 5.75 Å². The number of halogens is 2. The minimum absolute atomic E-state index is 0.0607. The second-order valence-electron chi connectivity index (χ2n) is 5.41. The van der Waals surface area contributed by atoms with Gasteiger partial charge in [-0.25, -0.2) is 0 Å². The summed E-state index contributed by atoms with van der Waals surface area (Å²) >= 11 is 12.1. The lowest BCUT2D eigenvalue weighted by Crippen LogP contribution is -2.28. The molecule has 1 aliphatic rings. The van der Waals surface area contributed by atoms with Gasteiger partial charge in [0.05, 0.1) is 11.7 Å². The van der Waals surface area contributed by atoms with Gasteiger partial charge in [-0.05, 0) is 42.8 Å². The molecule has 3 rings (SSSR count). The lowest BCUT2D eigenvalue weighted by Gasteiger charge is -2.19. The van der Waals surface area contributed by atoms with Crippen molar-refractivity contribution in [3.63, 3.8) is 0 Å². The highest BCUT2D eigenvalue weighted by Crippen LogP contribution is 2.29. The monoisotopic (exact) mass is 364 g/mol. The van der Waals surface area contributed by atoms with Crippen LogP contribution in [-0.4, -0.2) is 18.4 Å². The zero-order valence-electron chi connectivity index (χ0n) is 12.7. The summed E-state index contributed by atoms with van der Waals surface area (Å²) in [6, 6.07) is 9.71. The number of hydrogen-bond acceptors (Lipinski definition) is 3. The van der Waals surface area contributed by atoms with Gasteiger partial charge < -0.3 is 15.4 Å². The fourth-order valence-electron chi connectivity index (χ4n) is 2.43. The van der Waals surface area contributed by atoms with E-state index in [0.717, 1.165) is 5.56 Å². The highest BCUT2D eigenvalue weighted by Gasteiger charge is 2.19. The quantitative estimate of drug-likeness (QED) is 0.869. The number of carbonyl (C=O) groups is 2. The molecule has 24 heavy (non-hydrogen) atoms. The largest absolute Gasteiger partial charge is 0.482 e. The molecule has 5 nitrogen and oxygen atoms in total. The average molecular weight is 365 g/mol. The average Bonchev–Trinajstić information content (AvgIpc) is 2.54. The first kappa shape index (κ1) is 16.6. The Bertz CT molecular complexity index is 823. The van der Waals surface area contributed by atoms with E-state index < -0.39 is 0 Å². The Kier molecular flexibility index (Phi) is 4.64. The Labute approximate surface area is 148 Å². The highest BCUT2D eigenvalue weighted by molar-refractivity contribution is 6.35. The summed E-state index contributed by atoms with van der Waals surface area (Å²) in [5.41, 5.74) is 1.76. The van der Waals surface area contributed by atoms with Crippen molar-refractivity contribution in [2.24, 2.45) is 0 Å². The van der Waals surface area contributed by atoms with E-state index in [4.69, 9.17) is 27.9 Å². The second-order valence-corrected chi connectivity index (χ2v) is 6.25. The minimum Gasteiger partial charge on any atom is -0.482 e. The summed E-state index contributed by atoms with van der Waals surface area (Å²) in [4.78, 5) is 23.7.